The number of carboxylic acid groups (broad SMARTS) is 1. The van der Waals surface area contributed by atoms with Crippen LogP contribution in [0.2, 0.25) is 0 Å². The van der Waals surface area contributed by atoms with E-state index in [1.807, 2.05) is 60.7 Å². The highest BCUT2D eigenvalue weighted by molar-refractivity contribution is 5.79. The number of hydrogen-bond donors (Lipinski definition) is 3. The summed E-state index contributed by atoms with van der Waals surface area (Å²) in [5, 5.41) is 19.7. The predicted octanol–water partition coefficient (Wildman–Crippen LogP) is 2.40. The van der Waals surface area contributed by atoms with E-state index >= 15 is 0 Å². The number of carbonyl (C=O) groups is 1. The molecule has 0 radical (unpaired) electrons. The lowest BCUT2D eigenvalue weighted by Gasteiger charge is -2.27. The summed E-state index contributed by atoms with van der Waals surface area (Å²) in [7, 11) is 0. The van der Waals surface area contributed by atoms with Crippen molar-refractivity contribution in [3.05, 3.63) is 71.8 Å². The van der Waals surface area contributed by atoms with Gasteiger partial charge in [-0.2, -0.15) is 0 Å². The molecule has 0 fully saturated rings. The quantitative estimate of drug-likeness (QED) is 0.699. The second-order valence-corrected chi connectivity index (χ2v) is 6.01. The smallest absolute Gasteiger partial charge is 0.324 e. The molecule has 0 spiro atoms. The molecule has 2 aromatic carbocycles. The molecule has 0 aliphatic heterocycles. The summed E-state index contributed by atoms with van der Waals surface area (Å²) < 4.78 is 0. The summed E-state index contributed by atoms with van der Waals surface area (Å²) in [6.45, 7) is 0. The molecule has 0 saturated heterocycles. The van der Waals surface area contributed by atoms with E-state index < -0.39 is 17.6 Å². The first-order valence-corrected chi connectivity index (χ1v) is 7.78. The highest BCUT2D eigenvalue weighted by atomic mass is 16.4. The Hall–Kier alpha value is -2.17. The van der Waals surface area contributed by atoms with E-state index in [-0.39, 0.29) is 12.8 Å². The fraction of sp³-hybridized carbons (Fsp3) is 0.316. The predicted molar refractivity (Wildman–Crippen MR) is 90.1 cm³/mol. The van der Waals surface area contributed by atoms with Crippen molar-refractivity contribution in [2.24, 2.45) is 5.73 Å². The highest BCUT2D eigenvalue weighted by Gasteiger charge is 2.36. The zero-order valence-electron chi connectivity index (χ0n) is 13.1. The fourth-order valence-electron chi connectivity index (χ4n) is 2.70. The number of hydrogen-bond acceptors (Lipinski definition) is 3. The van der Waals surface area contributed by atoms with Gasteiger partial charge in [0.25, 0.3) is 0 Å². The molecule has 0 saturated carbocycles. The number of aliphatic carboxylic acids is 1. The molecule has 122 valence electrons. The minimum Gasteiger partial charge on any atom is -0.480 e. The SMILES string of the molecule is NC(Cc1ccccc1)(CC(O)CCc1ccccc1)C(=O)O. The molecule has 0 amide bonds. The van der Waals surface area contributed by atoms with Gasteiger partial charge in [0.2, 0.25) is 0 Å². The van der Waals surface area contributed by atoms with Crippen LogP contribution < -0.4 is 5.73 Å². The first-order valence-electron chi connectivity index (χ1n) is 7.78. The van der Waals surface area contributed by atoms with Gasteiger partial charge in [0.05, 0.1) is 6.10 Å². The van der Waals surface area contributed by atoms with E-state index in [0.717, 1.165) is 11.1 Å². The van der Waals surface area contributed by atoms with Gasteiger partial charge in [-0.25, -0.2) is 0 Å². The third kappa shape index (κ3) is 5.20. The molecule has 2 aromatic rings. The maximum absolute atomic E-state index is 11.6. The molecule has 0 aromatic heterocycles. The normalized spacial score (nSPS) is 14.9. The van der Waals surface area contributed by atoms with Crippen molar-refractivity contribution < 1.29 is 15.0 Å². The first kappa shape index (κ1) is 17.2. The summed E-state index contributed by atoms with van der Waals surface area (Å²) in [5.74, 6) is -1.08. The molecule has 0 heterocycles. The van der Waals surface area contributed by atoms with E-state index in [4.69, 9.17) is 5.73 Å². The zero-order valence-corrected chi connectivity index (χ0v) is 13.1. The van der Waals surface area contributed by atoms with E-state index in [2.05, 4.69) is 0 Å². The van der Waals surface area contributed by atoms with Gasteiger partial charge in [0, 0.05) is 12.8 Å². The maximum Gasteiger partial charge on any atom is 0.324 e. The van der Waals surface area contributed by atoms with Crippen molar-refractivity contribution in [3.8, 4) is 0 Å². The van der Waals surface area contributed by atoms with Crippen LogP contribution in [0.15, 0.2) is 60.7 Å². The number of nitrogens with two attached hydrogens (primary N) is 1. The molecular formula is C19H23NO3. The maximum atomic E-state index is 11.6. The summed E-state index contributed by atoms with van der Waals surface area (Å²) in [5.41, 5.74) is 6.59. The van der Waals surface area contributed by atoms with Crippen LogP contribution in [0.3, 0.4) is 0 Å². The fourth-order valence-corrected chi connectivity index (χ4v) is 2.70. The van der Waals surface area contributed by atoms with Gasteiger partial charge in [0.1, 0.15) is 5.54 Å². The van der Waals surface area contributed by atoms with Crippen molar-refractivity contribution >= 4 is 5.97 Å². The van der Waals surface area contributed by atoms with Gasteiger partial charge in [0.15, 0.2) is 0 Å². The Morgan fingerprint density at radius 3 is 2.04 bits per heavy atom. The lowest BCUT2D eigenvalue weighted by atomic mass is 9.85. The van der Waals surface area contributed by atoms with Crippen molar-refractivity contribution in [1.29, 1.82) is 0 Å². The number of aliphatic hydroxyl groups excluding tert-OH is 1. The van der Waals surface area contributed by atoms with Gasteiger partial charge in [-0.1, -0.05) is 60.7 Å². The van der Waals surface area contributed by atoms with Crippen LogP contribution in [0.4, 0.5) is 0 Å². The van der Waals surface area contributed by atoms with Gasteiger partial charge in [-0.15, -0.1) is 0 Å². The second-order valence-electron chi connectivity index (χ2n) is 6.01. The first-order chi connectivity index (χ1) is 11.0. The Morgan fingerprint density at radius 2 is 1.52 bits per heavy atom. The summed E-state index contributed by atoms with van der Waals surface area (Å²) >= 11 is 0. The van der Waals surface area contributed by atoms with E-state index in [1.54, 1.807) is 0 Å². The van der Waals surface area contributed by atoms with Gasteiger partial charge < -0.3 is 15.9 Å². The summed E-state index contributed by atoms with van der Waals surface area (Å²) in [4.78, 5) is 11.6. The van der Waals surface area contributed by atoms with Crippen molar-refractivity contribution in [2.75, 3.05) is 0 Å². The van der Waals surface area contributed by atoms with E-state index in [9.17, 15) is 15.0 Å². The Kier molecular flexibility index (Phi) is 5.90. The Morgan fingerprint density at radius 1 is 1.00 bits per heavy atom. The number of aliphatic hydroxyl groups is 1. The van der Waals surface area contributed by atoms with Crippen molar-refractivity contribution in [1.82, 2.24) is 0 Å². The Balaban J connectivity index is 1.96. The second kappa shape index (κ2) is 7.90. The van der Waals surface area contributed by atoms with Gasteiger partial charge in [-0.3, -0.25) is 4.79 Å². The van der Waals surface area contributed by atoms with Crippen molar-refractivity contribution in [2.45, 2.75) is 37.3 Å². The topological polar surface area (TPSA) is 83.5 Å². The minimum atomic E-state index is -1.46. The van der Waals surface area contributed by atoms with Crippen LogP contribution in [-0.4, -0.2) is 27.8 Å². The Labute approximate surface area is 136 Å². The summed E-state index contributed by atoms with van der Waals surface area (Å²) in [6, 6.07) is 19.1. The van der Waals surface area contributed by atoms with Crippen molar-refractivity contribution in [3.63, 3.8) is 0 Å². The van der Waals surface area contributed by atoms with Gasteiger partial charge >= 0.3 is 5.97 Å². The zero-order chi connectivity index (χ0) is 16.7. The summed E-state index contributed by atoms with van der Waals surface area (Å²) in [6.07, 6.45) is 0.670. The third-order valence-electron chi connectivity index (χ3n) is 4.00. The lowest BCUT2D eigenvalue weighted by molar-refractivity contribution is -0.144. The highest BCUT2D eigenvalue weighted by Crippen LogP contribution is 2.20. The largest absolute Gasteiger partial charge is 0.480 e. The van der Waals surface area contributed by atoms with Crippen LogP contribution in [0.1, 0.15) is 24.0 Å². The van der Waals surface area contributed by atoms with Crippen LogP contribution in [-0.2, 0) is 17.6 Å². The number of rotatable bonds is 8. The standard InChI is InChI=1S/C19H23NO3/c20-19(18(22)23,13-16-9-5-2-6-10-16)14-17(21)12-11-15-7-3-1-4-8-15/h1-10,17,21H,11-14,20H2,(H,22,23). The van der Waals surface area contributed by atoms with Gasteiger partial charge in [-0.05, 0) is 24.0 Å². The average Bonchev–Trinajstić information content (AvgIpc) is 2.54. The molecule has 4 heteroatoms. The average molecular weight is 313 g/mol. The molecule has 23 heavy (non-hydrogen) atoms. The lowest BCUT2D eigenvalue weighted by Crippen LogP contribution is -2.52. The number of benzene rings is 2. The molecule has 0 bridgehead atoms. The Bertz CT molecular complexity index is 615. The van der Waals surface area contributed by atoms with E-state index in [1.165, 1.54) is 0 Å². The molecule has 0 aliphatic carbocycles. The molecule has 2 rings (SSSR count). The number of aryl methyl sites for hydroxylation is 1. The van der Waals surface area contributed by atoms with Crippen LogP contribution in [0.5, 0.6) is 0 Å². The van der Waals surface area contributed by atoms with E-state index in [0.29, 0.717) is 12.8 Å². The number of carboxylic acids is 1. The minimum absolute atomic E-state index is 0.0318. The third-order valence-corrected chi connectivity index (χ3v) is 4.00. The molecule has 4 N–H and O–H groups in total. The molecular weight excluding hydrogens is 290 g/mol. The monoisotopic (exact) mass is 313 g/mol. The van der Waals surface area contributed by atoms with Crippen LogP contribution >= 0.6 is 0 Å². The molecule has 4 nitrogen and oxygen atoms in total. The molecule has 2 atom stereocenters. The molecule has 0 aliphatic rings. The van der Waals surface area contributed by atoms with Crippen LogP contribution in [0.25, 0.3) is 0 Å². The van der Waals surface area contributed by atoms with Crippen LogP contribution in [0, 0.1) is 0 Å². The molecule has 2 unspecified atom stereocenters.